The van der Waals surface area contributed by atoms with E-state index in [1.165, 1.54) is 18.9 Å². The Bertz CT molecular complexity index is 2030. The number of fused-ring (bicyclic) bond motifs is 5. The molecule has 1 heterocycles. The maximum Gasteiger partial charge on any atom is 0.251 e. The van der Waals surface area contributed by atoms with Crippen LogP contribution in [0.25, 0.3) is 22.3 Å². The molecule has 4 bridgehead atoms. The lowest BCUT2D eigenvalue weighted by Gasteiger charge is -2.30. The zero-order valence-corrected chi connectivity index (χ0v) is 30.6. The van der Waals surface area contributed by atoms with Gasteiger partial charge in [-0.2, -0.15) is 5.26 Å². The van der Waals surface area contributed by atoms with Crippen molar-refractivity contribution in [2.24, 2.45) is 11.5 Å². The number of nitrogens with one attached hydrogen (secondary N) is 3. The van der Waals surface area contributed by atoms with Crippen molar-refractivity contribution in [2.45, 2.75) is 38.4 Å². The first-order valence-electron chi connectivity index (χ1n) is 17.7. The second-order valence-electron chi connectivity index (χ2n) is 13.0. The first kappa shape index (κ1) is 39.0. The minimum Gasteiger partial charge on any atom is -0.492 e. The van der Waals surface area contributed by atoms with Crippen molar-refractivity contribution in [3.8, 4) is 39.8 Å². The van der Waals surface area contributed by atoms with Crippen molar-refractivity contribution in [1.82, 2.24) is 20.9 Å². The first-order valence-corrected chi connectivity index (χ1v) is 17.7. The number of nitriles is 1. The summed E-state index contributed by atoms with van der Waals surface area (Å²) in [6.45, 7) is 3.99. The van der Waals surface area contributed by atoms with E-state index in [-0.39, 0.29) is 32.7 Å². The van der Waals surface area contributed by atoms with Crippen molar-refractivity contribution < 1.29 is 28.7 Å². The lowest BCUT2D eigenvalue weighted by atomic mass is 9.94. The second kappa shape index (κ2) is 18.0. The molecule has 0 aromatic heterocycles. The number of carbonyl (C=O) groups is 4. The van der Waals surface area contributed by atoms with Gasteiger partial charge < -0.3 is 41.8 Å². The number of ether oxygens (including phenoxy) is 2. The molecule has 13 nitrogen and oxygen atoms in total. The molecule has 54 heavy (non-hydrogen) atoms. The molecule has 0 saturated carbocycles. The van der Waals surface area contributed by atoms with Crippen LogP contribution in [-0.4, -0.2) is 80.5 Å². The van der Waals surface area contributed by atoms with E-state index in [2.05, 4.69) is 22.0 Å². The molecule has 0 radical (unpaired) electrons. The Morgan fingerprint density at radius 1 is 0.852 bits per heavy atom. The number of nitrogens with two attached hydrogens (primary N) is 2. The molecule has 1 aliphatic rings. The Hall–Kier alpha value is -6.23. The van der Waals surface area contributed by atoms with Crippen molar-refractivity contribution >= 4 is 23.6 Å². The topological polar surface area (TPSA) is 202 Å². The minimum absolute atomic E-state index is 0.175. The predicted octanol–water partition coefficient (Wildman–Crippen LogP) is 3.00. The van der Waals surface area contributed by atoms with E-state index in [4.69, 9.17) is 20.9 Å². The standard InChI is InChI=1S/C41H45N7O6/c1-25-4-7-28(8-5-25)29-9-11-30(12-10-29)40(51)45-24-37(49)48(3)38-31-13-15-36(54-19-17-43)34(22-31)33-21-27(6-14-35(33)53-18-16-42)20-32(23-44)47-39(50)26(2)46-41(38)52/h4-15,21-22,26,32,38H,16-20,24,42-43H2,1-3H3,(H,45,51)(H,46,52)(H,47,50)/t26-,32-,38-/m0/s1. The molecule has 280 valence electrons. The number of benzene rings is 4. The lowest BCUT2D eigenvalue weighted by Crippen LogP contribution is -2.52. The third-order valence-electron chi connectivity index (χ3n) is 9.03. The van der Waals surface area contributed by atoms with Gasteiger partial charge >= 0.3 is 0 Å². The van der Waals surface area contributed by atoms with Gasteiger partial charge in [0.05, 0.1) is 12.6 Å². The number of amides is 4. The van der Waals surface area contributed by atoms with Gasteiger partial charge in [0.1, 0.15) is 42.8 Å². The van der Waals surface area contributed by atoms with Crippen LogP contribution in [0.4, 0.5) is 0 Å². The summed E-state index contributed by atoms with van der Waals surface area (Å²) in [5.41, 5.74) is 17.2. The highest BCUT2D eigenvalue weighted by Crippen LogP contribution is 2.40. The number of hydrogen-bond acceptors (Lipinski definition) is 9. The lowest BCUT2D eigenvalue weighted by molar-refractivity contribution is -0.139. The number of rotatable bonds is 11. The summed E-state index contributed by atoms with van der Waals surface area (Å²) < 4.78 is 12.0. The van der Waals surface area contributed by atoms with Crippen LogP contribution in [0.2, 0.25) is 0 Å². The van der Waals surface area contributed by atoms with Crippen LogP contribution in [-0.2, 0) is 20.8 Å². The minimum atomic E-state index is -1.26. The summed E-state index contributed by atoms with van der Waals surface area (Å²) in [7, 11) is 1.45. The maximum atomic E-state index is 14.1. The highest BCUT2D eigenvalue weighted by Gasteiger charge is 2.32. The van der Waals surface area contributed by atoms with Crippen molar-refractivity contribution in [3.63, 3.8) is 0 Å². The fourth-order valence-electron chi connectivity index (χ4n) is 6.09. The van der Waals surface area contributed by atoms with E-state index in [0.29, 0.717) is 33.8 Å². The van der Waals surface area contributed by atoms with E-state index in [0.717, 1.165) is 22.3 Å². The van der Waals surface area contributed by atoms with Gasteiger partial charge in [-0.25, -0.2) is 0 Å². The molecule has 7 N–H and O–H groups in total. The average Bonchev–Trinajstić information content (AvgIpc) is 3.18. The van der Waals surface area contributed by atoms with E-state index in [9.17, 15) is 24.4 Å². The number of likely N-dealkylation sites (N-methyl/N-ethyl adjacent to an activating group) is 1. The second-order valence-corrected chi connectivity index (χ2v) is 13.0. The monoisotopic (exact) mass is 731 g/mol. The molecule has 1 aliphatic heterocycles. The van der Waals surface area contributed by atoms with Gasteiger partial charge in [-0.05, 0) is 72.5 Å². The number of hydrogen-bond donors (Lipinski definition) is 5. The van der Waals surface area contributed by atoms with E-state index < -0.39 is 48.3 Å². The summed E-state index contributed by atoms with van der Waals surface area (Å²) in [6.07, 6.45) is 0.175. The maximum absolute atomic E-state index is 14.1. The zero-order chi connectivity index (χ0) is 38.8. The molecule has 3 atom stereocenters. The Morgan fingerprint density at radius 3 is 2.06 bits per heavy atom. The van der Waals surface area contributed by atoms with Crippen molar-refractivity contribution in [1.29, 1.82) is 5.26 Å². The fraction of sp³-hybridized carbons (Fsp3) is 0.293. The molecule has 5 rings (SSSR count). The third-order valence-corrected chi connectivity index (χ3v) is 9.03. The molecular formula is C41H45N7O6. The van der Waals surface area contributed by atoms with E-state index in [1.54, 1.807) is 42.5 Å². The smallest absolute Gasteiger partial charge is 0.251 e. The van der Waals surface area contributed by atoms with Crippen LogP contribution in [0.3, 0.4) is 0 Å². The van der Waals surface area contributed by atoms with Gasteiger partial charge in [0.25, 0.3) is 5.91 Å². The summed E-state index contributed by atoms with van der Waals surface area (Å²) in [4.78, 5) is 55.4. The number of carbonyl (C=O) groups excluding carboxylic acids is 4. The molecule has 4 aromatic rings. The van der Waals surface area contributed by atoms with E-state index >= 15 is 0 Å². The molecule has 13 heteroatoms. The van der Waals surface area contributed by atoms with Crippen LogP contribution in [0.15, 0.2) is 84.9 Å². The highest BCUT2D eigenvalue weighted by molar-refractivity contribution is 5.98. The van der Waals surface area contributed by atoms with Crippen LogP contribution in [0, 0.1) is 18.3 Å². The SMILES string of the molecule is Cc1ccc(-c2ccc(C(=O)NCC(=O)N(C)[C@@H]3C(=O)N[C@@H](C)C(=O)N[C@H](C#N)Cc4ccc(OCCN)c(c4)-c4cc3ccc4OCCN)cc2)cc1. The van der Waals surface area contributed by atoms with Gasteiger partial charge in [-0.1, -0.05) is 54.1 Å². The fourth-order valence-corrected chi connectivity index (χ4v) is 6.09. The van der Waals surface area contributed by atoms with Crippen LogP contribution >= 0.6 is 0 Å². The van der Waals surface area contributed by atoms with Gasteiger partial charge in [0.2, 0.25) is 17.7 Å². The molecule has 4 amide bonds. The highest BCUT2D eigenvalue weighted by atomic mass is 16.5. The Balaban J connectivity index is 1.48. The molecule has 0 fully saturated rings. The first-order chi connectivity index (χ1) is 26.0. The summed E-state index contributed by atoms with van der Waals surface area (Å²) in [5.74, 6) is -1.35. The Kier molecular flexibility index (Phi) is 13.0. The van der Waals surface area contributed by atoms with E-state index in [1.807, 2.05) is 49.4 Å². The Labute approximate surface area is 314 Å². The third kappa shape index (κ3) is 9.40. The summed E-state index contributed by atoms with van der Waals surface area (Å²) in [5, 5.41) is 18.0. The van der Waals surface area contributed by atoms with Crippen LogP contribution in [0.5, 0.6) is 11.5 Å². The van der Waals surface area contributed by atoms with Crippen molar-refractivity contribution in [3.05, 3.63) is 107 Å². The molecule has 0 saturated heterocycles. The van der Waals surface area contributed by atoms with Crippen LogP contribution < -0.4 is 36.9 Å². The molecule has 0 unspecified atom stereocenters. The normalized spacial score (nSPS) is 16.9. The molecule has 0 aliphatic carbocycles. The number of nitrogens with zero attached hydrogens (tertiary/aromatic N) is 2. The average molecular weight is 732 g/mol. The van der Waals surface area contributed by atoms with Crippen LogP contribution in [0.1, 0.15) is 40.0 Å². The van der Waals surface area contributed by atoms with Gasteiger partial charge in [0, 0.05) is 43.2 Å². The van der Waals surface area contributed by atoms with Gasteiger partial charge in [-0.15, -0.1) is 0 Å². The molecular weight excluding hydrogens is 686 g/mol. The largest absolute Gasteiger partial charge is 0.492 e. The Morgan fingerprint density at radius 2 is 1.44 bits per heavy atom. The zero-order valence-electron chi connectivity index (χ0n) is 30.6. The quantitative estimate of drug-likeness (QED) is 0.154. The molecule has 0 spiro atoms. The summed E-state index contributed by atoms with van der Waals surface area (Å²) >= 11 is 0. The number of aryl methyl sites for hydroxylation is 1. The summed E-state index contributed by atoms with van der Waals surface area (Å²) in [6, 6.07) is 24.4. The van der Waals surface area contributed by atoms with Gasteiger partial charge in [0.15, 0.2) is 0 Å². The van der Waals surface area contributed by atoms with Crippen molar-refractivity contribution in [2.75, 3.05) is 39.9 Å². The predicted molar refractivity (Wildman–Crippen MR) is 204 cm³/mol. The van der Waals surface area contributed by atoms with Gasteiger partial charge in [-0.3, -0.25) is 19.2 Å². The molecule has 4 aromatic carbocycles.